The number of aromatic nitrogens is 4. The van der Waals surface area contributed by atoms with Gasteiger partial charge < -0.3 is 11.1 Å². The molecule has 0 aliphatic rings. The maximum absolute atomic E-state index is 11.8. The van der Waals surface area contributed by atoms with Gasteiger partial charge in [-0.1, -0.05) is 29.6 Å². The summed E-state index contributed by atoms with van der Waals surface area (Å²) in [6.07, 6.45) is 0. The summed E-state index contributed by atoms with van der Waals surface area (Å²) in [5, 5.41) is 15.8. The van der Waals surface area contributed by atoms with Crippen LogP contribution in [-0.2, 0) is 6.54 Å². The van der Waals surface area contributed by atoms with Crippen molar-refractivity contribution < 1.29 is 4.79 Å². The number of H-pyrrole nitrogens is 1. The third kappa shape index (κ3) is 2.86. The minimum atomic E-state index is -0.252. The average Bonchev–Trinajstić information content (AvgIpc) is 2.89. The number of amides is 1. The molecule has 4 N–H and O–H groups in total. The summed E-state index contributed by atoms with van der Waals surface area (Å²) < 4.78 is 0. The quantitative estimate of drug-likeness (QED) is 0.656. The highest BCUT2D eigenvalue weighted by atomic mass is 32.1. The molecule has 1 aromatic carbocycles. The standard InChI is InChI=1S/C10H10N6OS/c11-9(18)6-2-1-3-7(4-6)10(17)12-5-8-13-15-16-14-8/h1-4H,5H2,(H2,11,18)(H,12,17)(H,13,14,15,16). The predicted molar refractivity (Wildman–Crippen MR) is 67.7 cm³/mol. The Kier molecular flexibility index (Phi) is 3.58. The number of hydrogen-bond acceptors (Lipinski definition) is 5. The van der Waals surface area contributed by atoms with Gasteiger partial charge in [0.05, 0.1) is 6.54 Å². The molecule has 1 heterocycles. The molecule has 0 bridgehead atoms. The van der Waals surface area contributed by atoms with E-state index in [1.807, 2.05) is 0 Å². The van der Waals surface area contributed by atoms with Crippen molar-refractivity contribution in [2.24, 2.45) is 5.73 Å². The summed E-state index contributed by atoms with van der Waals surface area (Å²) in [5.74, 6) is 0.159. The number of benzene rings is 1. The smallest absolute Gasteiger partial charge is 0.251 e. The second kappa shape index (κ2) is 5.32. The Morgan fingerprint density at radius 2 is 2.22 bits per heavy atom. The number of nitrogens with one attached hydrogen (secondary N) is 2. The Morgan fingerprint density at radius 1 is 1.44 bits per heavy atom. The molecule has 0 atom stereocenters. The van der Waals surface area contributed by atoms with Crippen molar-refractivity contribution in [3.8, 4) is 0 Å². The maximum atomic E-state index is 11.8. The van der Waals surface area contributed by atoms with Crippen LogP contribution in [0.1, 0.15) is 21.7 Å². The summed E-state index contributed by atoms with van der Waals surface area (Å²) in [6.45, 7) is 0.201. The fourth-order valence-corrected chi connectivity index (χ4v) is 1.46. The zero-order valence-corrected chi connectivity index (χ0v) is 10.1. The molecule has 0 saturated carbocycles. The number of nitrogens with zero attached hydrogens (tertiary/aromatic N) is 3. The fourth-order valence-electron chi connectivity index (χ4n) is 1.33. The van der Waals surface area contributed by atoms with Crippen molar-refractivity contribution in [2.45, 2.75) is 6.54 Å². The molecule has 8 heteroatoms. The molecule has 0 aliphatic carbocycles. The van der Waals surface area contributed by atoms with E-state index in [1.165, 1.54) is 0 Å². The molecule has 92 valence electrons. The molecule has 18 heavy (non-hydrogen) atoms. The van der Waals surface area contributed by atoms with E-state index >= 15 is 0 Å². The molecule has 1 amide bonds. The van der Waals surface area contributed by atoms with Gasteiger partial charge in [-0.25, -0.2) is 0 Å². The number of tetrazole rings is 1. The van der Waals surface area contributed by atoms with Gasteiger partial charge in [0.15, 0.2) is 5.82 Å². The van der Waals surface area contributed by atoms with Gasteiger partial charge in [-0.15, -0.1) is 10.2 Å². The molecule has 2 rings (SSSR count). The van der Waals surface area contributed by atoms with E-state index in [0.717, 1.165) is 0 Å². The third-order valence-corrected chi connectivity index (χ3v) is 2.44. The lowest BCUT2D eigenvalue weighted by atomic mass is 10.1. The highest BCUT2D eigenvalue weighted by Crippen LogP contribution is 2.05. The van der Waals surface area contributed by atoms with E-state index in [1.54, 1.807) is 24.3 Å². The van der Waals surface area contributed by atoms with Gasteiger partial charge in [0.1, 0.15) is 4.99 Å². The number of thiocarbonyl (C=S) groups is 1. The number of aromatic amines is 1. The molecule has 7 nitrogen and oxygen atoms in total. The fraction of sp³-hybridized carbons (Fsp3) is 0.100. The largest absolute Gasteiger partial charge is 0.389 e. The van der Waals surface area contributed by atoms with Crippen LogP contribution in [0.25, 0.3) is 0 Å². The highest BCUT2D eigenvalue weighted by molar-refractivity contribution is 7.80. The van der Waals surface area contributed by atoms with Gasteiger partial charge in [0, 0.05) is 11.1 Å². The van der Waals surface area contributed by atoms with Gasteiger partial charge in [-0.05, 0) is 12.1 Å². The molecule has 0 radical (unpaired) electrons. The average molecular weight is 262 g/mol. The number of nitrogens with two attached hydrogens (primary N) is 1. The first-order valence-electron chi connectivity index (χ1n) is 5.07. The zero-order chi connectivity index (χ0) is 13.0. The van der Waals surface area contributed by atoms with Crippen molar-refractivity contribution in [1.82, 2.24) is 25.9 Å². The summed E-state index contributed by atoms with van der Waals surface area (Å²) in [4.78, 5) is 12.1. The summed E-state index contributed by atoms with van der Waals surface area (Å²) >= 11 is 4.85. The monoisotopic (exact) mass is 262 g/mol. The van der Waals surface area contributed by atoms with Gasteiger partial charge in [0.25, 0.3) is 5.91 Å². The van der Waals surface area contributed by atoms with Crippen molar-refractivity contribution in [1.29, 1.82) is 0 Å². The van der Waals surface area contributed by atoms with Gasteiger partial charge in [-0.3, -0.25) is 4.79 Å². The summed E-state index contributed by atoms with van der Waals surface area (Å²) in [7, 11) is 0. The Bertz CT molecular complexity index is 568. The molecule has 0 unspecified atom stereocenters. The van der Waals surface area contributed by atoms with E-state index in [4.69, 9.17) is 18.0 Å². The highest BCUT2D eigenvalue weighted by Gasteiger charge is 2.08. The first-order valence-corrected chi connectivity index (χ1v) is 5.48. The Hall–Kier alpha value is -2.35. The van der Waals surface area contributed by atoms with Crippen molar-refractivity contribution >= 4 is 23.1 Å². The minimum Gasteiger partial charge on any atom is -0.389 e. The molecular weight excluding hydrogens is 252 g/mol. The van der Waals surface area contributed by atoms with Crippen LogP contribution in [0.3, 0.4) is 0 Å². The lowest BCUT2D eigenvalue weighted by Crippen LogP contribution is -2.24. The van der Waals surface area contributed by atoms with E-state index in [2.05, 4.69) is 25.9 Å². The summed E-state index contributed by atoms with van der Waals surface area (Å²) in [5.41, 5.74) is 6.63. The molecule has 0 saturated heterocycles. The van der Waals surface area contributed by atoms with Crippen molar-refractivity contribution in [3.63, 3.8) is 0 Å². The molecule has 2 aromatic rings. The van der Waals surface area contributed by atoms with Crippen molar-refractivity contribution in [3.05, 3.63) is 41.2 Å². The zero-order valence-electron chi connectivity index (χ0n) is 9.25. The summed E-state index contributed by atoms with van der Waals surface area (Å²) in [6, 6.07) is 6.78. The van der Waals surface area contributed by atoms with Crippen LogP contribution in [0.4, 0.5) is 0 Å². The Labute approximate surface area is 108 Å². The third-order valence-electron chi connectivity index (χ3n) is 2.21. The molecule has 0 spiro atoms. The van der Waals surface area contributed by atoms with E-state index in [0.29, 0.717) is 17.0 Å². The number of carbonyl (C=O) groups excluding carboxylic acids is 1. The molecule has 0 fully saturated rings. The molecule has 0 aliphatic heterocycles. The van der Waals surface area contributed by atoms with E-state index in [9.17, 15) is 4.79 Å². The molecular formula is C10H10N6OS. The topological polar surface area (TPSA) is 110 Å². The maximum Gasteiger partial charge on any atom is 0.251 e. The SMILES string of the molecule is NC(=S)c1cccc(C(=O)NCc2nn[nH]n2)c1. The van der Waals surface area contributed by atoms with E-state index < -0.39 is 0 Å². The van der Waals surface area contributed by atoms with Crippen LogP contribution in [-0.4, -0.2) is 31.5 Å². The Morgan fingerprint density at radius 3 is 2.89 bits per heavy atom. The van der Waals surface area contributed by atoms with E-state index in [-0.39, 0.29) is 17.4 Å². The van der Waals surface area contributed by atoms with Crippen LogP contribution >= 0.6 is 12.2 Å². The van der Waals surface area contributed by atoms with Gasteiger partial charge in [0.2, 0.25) is 0 Å². The van der Waals surface area contributed by atoms with Gasteiger partial charge in [-0.2, -0.15) is 5.21 Å². The van der Waals surface area contributed by atoms with Gasteiger partial charge >= 0.3 is 0 Å². The first kappa shape index (κ1) is 12.1. The lowest BCUT2D eigenvalue weighted by molar-refractivity contribution is 0.0950. The van der Waals surface area contributed by atoms with Crippen LogP contribution < -0.4 is 11.1 Å². The first-order chi connectivity index (χ1) is 8.66. The normalized spacial score (nSPS) is 10.0. The Balaban J connectivity index is 2.04. The van der Waals surface area contributed by atoms with Crippen molar-refractivity contribution in [2.75, 3.05) is 0 Å². The number of rotatable bonds is 4. The predicted octanol–water partition coefficient (Wildman–Crippen LogP) is -0.236. The lowest BCUT2D eigenvalue weighted by Gasteiger charge is -2.04. The number of carbonyl (C=O) groups is 1. The second-order valence-corrected chi connectivity index (χ2v) is 3.90. The second-order valence-electron chi connectivity index (χ2n) is 3.46. The van der Waals surface area contributed by atoms with Crippen LogP contribution in [0, 0.1) is 0 Å². The van der Waals surface area contributed by atoms with Crippen LogP contribution in [0.5, 0.6) is 0 Å². The minimum absolute atomic E-state index is 0.201. The molecule has 1 aromatic heterocycles. The number of hydrogen-bond donors (Lipinski definition) is 3. The van der Waals surface area contributed by atoms with Crippen LogP contribution in [0.2, 0.25) is 0 Å². The van der Waals surface area contributed by atoms with Crippen LogP contribution in [0.15, 0.2) is 24.3 Å².